The van der Waals surface area contributed by atoms with Crippen molar-refractivity contribution in [2.45, 2.75) is 20.8 Å². The first-order chi connectivity index (χ1) is 8.99. The Morgan fingerprint density at radius 2 is 1.89 bits per heavy atom. The molecule has 0 amide bonds. The predicted octanol–water partition coefficient (Wildman–Crippen LogP) is 2.10. The molecule has 0 atom stereocenters. The number of rotatable bonds is 1. The van der Waals surface area contributed by atoms with Crippen LogP contribution in [0.25, 0.3) is 17.0 Å². The van der Waals surface area contributed by atoms with E-state index >= 15 is 0 Å². The second-order valence-electron chi connectivity index (χ2n) is 4.51. The molecule has 0 radical (unpaired) electrons. The van der Waals surface area contributed by atoms with E-state index in [9.17, 15) is 0 Å². The van der Waals surface area contributed by atoms with E-state index in [1.807, 2.05) is 36.9 Å². The van der Waals surface area contributed by atoms with Gasteiger partial charge in [0.2, 0.25) is 0 Å². The quantitative estimate of drug-likeness (QED) is 0.639. The maximum absolute atomic E-state index is 5.94. The Kier molecular flexibility index (Phi) is 2.56. The summed E-state index contributed by atoms with van der Waals surface area (Å²) in [6, 6.07) is 1.70. The third-order valence-corrected chi connectivity index (χ3v) is 3.45. The van der Waals surface area contributed by atoms with Gasteiger partial charge in [0.05, 0.1) is 11.3 Å². The van der Waals surface area contributed by atoms with E-state index in [1.54, 1.807) is 6.07 Å². The van der Waals surface area contributed by atoms with Crippen LogP contribution in [0.5, 0.6) is 0 Å². The van der Waals surface area contributed by atoms with E-state index in [-0.39, 0.29) is 0 Å². The molecule has 3 rings (SSSR count). The lowest BCUT2D eigenvalue weighted by Gasteiger charge is -2.04. The fourth-order valence-corrected chi connectivity index (χ4v) is 2.53. The maximum Gasteiger partial charge on any atom is 0.173 e. The highest BCUT2D eigenvalue weighted by Crippen LogP contribution is 2.26. The van der Waals surface area contributed by atoms with Gasteiger partial charge in [-0.3, -0.25) is 9.08 Å². The number of fused-ring (bicyclic) bond motifs is 1. The lowest BCUT2D eigenvalue weighted by molar-refractivity contribution is 0.731. The monoisotopic (exact) mass is 276 g/mol. The molecule has 0 aromatic carbocycles. The smallest absolute Gasteiger partial charge is 0.173 e. The van der Waals surface area contributed by atoms with Crippen LogP contribution in [0.3, 0.4) is 0 Å². The summed E-state index contributed by atoms with van der Waals surface area (Å²) in [5, 5.41) is 13.3. The maximum atomic E-state index is 5.94. The van der Waals surface area contributed by atoms with Gasteiger partial charge in [0.1, 0.15) is 11.0 Å². The van der Waals surface area contributed by atoms with Gasteiger partial charge < -0.3 is 0 Å². The van der Waals surface area contributed by atoms with Crippen LogP contribution in [0, 0.1) is 20.8 Å². The van der Waals surface area contributed by atoms with Gasteiger partial charge in [-0.2, -0.15) is 5.10 Å². The molecule has 19 heavy (non-hydrogen) atoms. The number of hydrogen-bond donors (Lipinski definition) is 0. The van der Waals surface area contributed by atoms with Crippen molar-refractivity contribution < 1.29 is 0 Å². The zero-order valence-corrected chi connectivity index (χ0v) is 11.9. The fraction of sp³-hybridized carbons (Fsp3) is 0.333. The van der Waals surface area contributed by atoms with E-state index in [1.165, 1.54) is 0 Å². The molecule has 0 saturated heterocycles. The van der Waals surface area contributed by atoms with E-state index in [2.05, 4.69) is 20.3 Å². The van der Waals surface area contributed by atoms with Crippen molar-refractivity contribution in [3.8, 4) is 11.4 Å². The number of aromatic nitrogens is 6. The van der Waals surface area contributed by atoms with Crippen LogP contribution in [0.1, 0.15) is 17.2 Å². The zero-order valence-electron chi connectivity index (χ0n) is 11.1. The summed E-state index contributed by atoms with van der Waals surface area (Å²) >= 11 is 5.94. The number of nitrogens with zero attached hydrogens (tertiary/aromatic N) is 6. The second kappa shape index (κ2) is 4.03. The molecule has 0 aliphatic carbocycles. The minimum atomic E-state index is 0.420. The van der Waals surface area contributed by atoms with Crippen LogP contribution in [-0.4, -0.2) is 29.4 Å². The molecular formula is C12H13ClN6. The number of halogens is 1. The van der Waals surface area contributed by atoms with Gasteiger partial charge in [0.25, 0.3) is 0 Å². The van der Waals surface area contributed by atoms with Crippen LogP contribution in [0.4, 0.5) is 0 Å². The molecule has 0 N–H and O–H groups in total. The van der Waals surface area contributed by atoms with Crippen molar-refractivity contribution in [2.24, 2.45) is 7.05 Å². The molecule has 0 unspecified atom stereocenters. The van der Waals surface area contributed by atoms with E-state index < -0.39 is 0 Å². The van der Waals surface area contributed by atoms with Crippen molar-refractivity contribution in [3.05, 3.63) is 28.4 Å². The molecule has 98 valence electrons. The average molecular weight is 277 g/mol. The Labute approximate surface area is 115 Å². The summed E-state index contributed by atoms with van der Waals surface area (Å²) in [5.74, 6) is 1.50. The van der Waals surface area contributed by atoms with Gasteiger partial charge >= 0.3 is 0 Å². The third-order valence-electron chi connectivity index (χ3n) is 3.26. The largest absolute Gasteiger partial charge is 0.272 e. The minimum Gasteiger partial charge on any atom is -0.272 e. The summed E-state index contributed by atoms with van der Waals surface area (Å²) in [4.78, 5) is 4.25. The summed E-state index contributed by atoms with van der Waals surface area (Å²) in [5.41, 5.74) is 3.64. The van der Waals surface area contributed by atoms with Gasteiger partial charge in [-0.1, -0.05) is 11.6 Å². The normalized spacial score (nSPS) is 11.4. The molecule has 3 aromatic heterocycles. The van der Waals surface area contributed by atoms with Crippen LogP contribution in [0.15, 0.2) is 6.07 Å². The lowest BCUT2D eigenvalue weighted by atomic mass is 10.2. The molecule has 0 fully saturated rings. The van der Waals surface area contributed by atoms with Crippen molar-refractivity contribution in [1.82, 2.24) is 29.4 Å². The van der Waals surface area contributed by atoms with Gasteiger partial charge in [0.15, 0.2) is 11.5 Å². The molecule has 0 aliphatic rings. The summed E-state index contributed by atoms with van der Waals surface area (Å²) in [6.07, 6.45) is 0. The Morgan fingerprint density at radius 1 is 1.16 bits per heavy atom. The van der Waals surface area contributed by atoms with Crippen LogP contribution >= 0.6 is 11.6 Å². The highest BCUT2D eigenvalue weighted by molar-refractivity contribution is 6.29. The second-order valence-corrected chi connectivity index (χ2v) is 4.90. The first-order valence-electron chi connectivity index (χ1n) is 5.88. The molecule has 0 spiro atoms. The van der Waals surface area contributed by atoms with E-state index in [0.29, 0.717) is 10.8 Å². The van der Waals surface area contributed by atoms with Crippen molar-refractivity contribution in [2.75, 3.05) is 0 Å². The molecule has 7 heteroatoms. The third kappa shape index (κ3) is 1.71. The summed E-state index contributed by atoms with van der Waals surface area (Å²) in [7, 11) is 1.91. The molecule has 0 saturated carbocycles. The van der Waals surface area contributed by atoms with E-state index in [4.69, 9.17) is 11.6 Å². The summed E-state index contributed by atoms with van der Waals surface area (Å²) < 4.78 is 3.73. The Hall–Kier alpha value is -1.95. The Balaban J connectivity index is 2.38. The van der Waals surface area contributed by atoms with Crippen LogP contribution in [-0.2, 0) is 7.05 Å². The SMILES string of the molecule is Cc1nn(C)c(C)c1-c1nnc2cc(Cl)nc(C)n12. The molecule has 3 aromatic rings. The number of hydrogen-bond acceptors (Lipinski definition) is 4. The highest BCUT2D eigenvalue weighted by Gasteiger charge is 2.19. The Bertz CT molecular complexity index is 785. The van der Waals surface area contributed by atoms with Crippen molar-refractivity contribution in [1.29, 1.82) is 0 Å². The van der Waals surface area contributed by atoms with Gasteiger partial charge in [-0.15, -0.1) is 10.2 Å². The first kappa shape index (κ1) is 12.1. The zero-order chi connectivity index (χ0) is 13.7. The van der Waals surface area contributed by atoms with Crippen LogP contribution < -0.4 is 0 Å². The standard InChI is InChI=1S/C12H13ClN6/c1-6-11(7(2)18(4)17-6)12-16-15-10-5-9(13)14-8(3)19(10)12/h5H,1-4H3. The average Bonchev–Trinajstić information content (AvgIpc) is 2.82. The van der Waals surface area contributed by atoms with E-state index in [0.717, 1.165) is 28.6 Å². The fourth-order valence-electron chi connectivity index (χ4n) is 2.31. The highest BCUT2D eigenvalue weighted by atomic mass is 35.5. The van der Waals surface area contributed by atoms with Gasteiger partial charge in [-0.05, 0) is 20.8 Å². The topological polar surface area (TPSA) is 60.9 Å². The minimum absolute atomic E-state index is 0.420. The number of aryl methyl sites for hydroxylation is 3. The Morgan fingerprint density at radius 3 is 2.53 bits per heavy atom. The molecule has 3 heterocycles. The summed E-state index contributed by atoms with van der Waals surface area (Å²) in [6.45, 7) is 5.85. The lowest BCUT2D eigenvalue weighted by Crippen LogP contribution is -1.99. The molecular weight excluding hydrogens is 264 g/mol. The van der Waals surface area contributed by atoms with Crippen molar-refractivity contribution >= 4 is 17.2 Å². The molecule has 0 bridgehead atoms. The van der Waals surface area contributed by atoms with Crippen molar-refractivity contribution in [3.63, 3.8) is 0 Å². The van der Waals surface area contributed by atoms with Gasteiger partial charge in [-0.25, -0.2) is 4.98 Å². The molecule has 0 aliphatic heterocycles. The predicted molar refractivity (Wildman–Crippen MR) is 72.2 cm³/mol. The van der Waals surface area contributed by atoms with Gasteiger partial charge in [0, 0.05) is 18.8 Å². The molecule has 6 nitrogen and oxygen atoms in total. The van der Waals surface area contributed by atoms with Crippen LogP contribution in [0.2, 0.25) is 5.15 Å². The first-order valence-corrected chi connectivity index (χ1v) is 6.25.